The van der Waals surface area contributed by atoms with Gasteiger partial charge in [0.1, 0.15) is 4.83 Å². The molecule has 2 aromatic heterocycles. The first kappa shape index (κ1) is 18.3. The number of benzene rings is 1. The second-order valence-electron chi connectivity index (χ2n) is 6.97. The van der Waals surface area contributed by atoms with Gasteiger partial charge in [-0.1, -0.05) is 29.5 Å². The molecular weight excluding hydrogens is 378 g/mol. The summed E-state index contributed by atoms with van der Waals surface area (Å²) in [6.45, 7) is 4.02. The van der Waals surface area contributed by atoms with Crippen LogP contribution in [0.3, 0.4) is 0 Å². The molecule has 1 aromatic carbocycles. The van der Waals surface area contributed by atoms with Gasteiger partial charge in [-0.15, -0.1) is 11.3 Å². The fourth-order valence-electron chi connectivity index (χ4n) is 3.69. The number of fused-ring (bicyclic) bond motifs is 3. The molecule has 2 heterocycles. The standard InChI is InChI=1S/C20H21N3O2S2/c1-11-7-8-14(12(2)9-11)23-19(25)17-13-5-3-4-6-15(13)27-18(17)22-20(23)26-10-16(21)24/h7-9H,3-6,10H2,1-2H3,(H2,21,24). The number of carbonyl (C=O) groups is 1. The van der Waals surface area contributed by atoms with E-state index in [-0.39, 0.29) is 11.3 Å². The van der Waals surface area contributed by atoms with Gasteiger partial charge in [-0.3, -0.25) is 14.2 Å². The molecule has 1 aliphatic rings. The predicted octanol–water partition coefficient (Wildman–Crippen LogP) is 3.52. The number of rotatable bonds is 4. The van der Waals surface area contributed by atoms with Gasteiger partial charge in [-0.2, -0.15) is 0 Å². The Bertz CT molecular complexity index is 1110. The van der Waals surface area contributed by atoms with E-state index in [1.807, 2.05) is 26.0 Å². The molecule has 27 heavy (non-hydrogen) atoms. The minimum Gasteiger partial charge on any atom is -0.369 e. The van der Waals surface area contributed by atoms with Gasteiger partial charge < -0.3 is 5.73 Å². The number of thiophene rings is 1. The lowest BCUT2D eigenvalue weighted by atomic mass is 9.97. The number of aromatic nitrogens is 2. The quantitative estimate of drug-likeness (QED) is 0.538. The maximum atomic E-state index is 13.6. The van der Waals surface area contributed by atoms with Gasteiger partial charge in [0.15, 0.2) is 5.16 Å². The third-order valence-electron chi connectivity index (χ3n) is 4.89. The van der Waals surface area contributed by atoms with Crippen molar-refractivity contribution in [3.63, 3.8) is 0 Å². The van der Waals surface area contributed by atoms with Crippen LogP contribution in [0.1, 0.15) is 34.4 Å². The average Bonchev–Trinajstić information content (AvgIpc) is 2.99. The summed E-state index contributed by atoms with van der Waals surface area (Å²) in [6.07, 6.45) is 4.23. The van der Waals surface area contributed by atoms with Crippen molar-refractivity contribution in [1.29, 1.82) is 0 Å². The minimum atomic E-state index is -0.424. The van der Waals surface area contributed by atoms with Gasteiger partial charge in [0, 0.05) is 4.88 Å². The zero-order chi connectivity index (χ0) is 19.1. The Hall–Kier alpha value is -2.12. The first-order valence-corrected chi connectivity index (χ1v) is 10.8. The van der Waals surface area contributed by atoms with Crippen molar-refractivity contribution >= 4 is 39.2 Å². The van der Waals surface area contributed by atoms with Crippen molar-refractivity contribution < 1.29 is 4.79 Å². The second kappa shape index (κ2) is 7.13. The van der Waals surface area contributed by atoms with E-state index >= 15 is 0 Å². The number of aryl methyl sites for hydroxylation is 4. The lowest BCUT2D eigenvalue weighted by Gasteiger charge is -2.15. The van der Waals surface area contributed by atoms with Gasteiger partial charge in [-0.25, -0.2) is 4.98 Å². The summed E-state index contributed by atoms with van der Waals surface area (Å²) in [4.78, 5) is 31.7. The fraction of sp³-hybridized carbons (Fsp3) is 0.350. The summed E-state index contributed by atoms with van der Waals surface area (Å²) in [5, 5.41) is 1.27. The van der Waals surface area contributed by atoms with Crippen molar-refractivity contribution in [2.75, 3.05) is 5.75 Å². The van der Waals surface area contributed by atoms with E-state index in [2.05, 4.69) is 6.07 Å². The molecule has 0 spiro atoms. The highest BCUT2D eigenvalue weighted by Gasteiger charge is 2.23. The van der Waals surface area contributed by atoms with Crippen LogP contribution in [0.25, 0.3) is 15.9 Å². The Labute approximate surface area is 165 Å². The monoisotopic (exact) mass is 399 g/mol. The largest absolute Gasteiger partial charge is 0.369 e. The number of carbonyl (C=O) groups excluding carboxylic acids is 1. The average molecular weight is 400 g/mol. The molecule has 0 atom stereocenters. The molecule has 5 nitrogen and oxygen atoms in total. The summed E-state index contributed by atoms with van der Waals surface area (Å²) in [5.74, 6) is -0.333. The van der Waals surface area contributed by atoms with Crippen molar-refractivity contribution in [3.8, 4) is 5.69 Å². The summed E-state index contributed by atoms with van der Waals surface area (Å²) < 4.78 is 1.66. The lowest BCUT2D eigenvalue weighted by Crippen LogP contribution is -2.24. The molecule has 7 heteroatoms. The topological polar surface area (TPSA) is 78.0 Å². The summed E-state index contributed by atoms with van der Waals surface area (Å²) >= 11 is 2.84. The van der Waals surface area contributed by atoms with Crippen molar-refractivity contribution in [3.05, 3.63) is 50.1 Å². The molecule has 3 aromatic rings. The number of amides is 1. The van der Waals surface area contributed by atoms with E-state index in [1.54, 1.807) is 15.9 Å². The summed E-state index contributed by atoms with van der Waals surface area (Å²) in [5.41, 5.74) is 9.41. The van der Waals surface area contributed by atoms with Gasteiger partial charge in [0.25, 0.3) is 5.56 Å². The Morgan fingerprint density at radius 1 is 1.30 bits per heavy atom. The van der Waals surface area contributed by atoms with E-state index in [1.165, 1.54) is 22.2 Å². The van der Waals surface area contributed by atoms with E-state index in [9.17, 15) is 9.59 Å². The van der Waals surface area contributed by atoms with Crippen LogP contribution in [0.4, 0.5) is 0 Å². The lowest BCUT2D eigenvalue weighted by molar-refractivity contribution is -0.115. The smallest absolute Gasteiger partial charge is 0.267 e. The van der Waals surface area contributed by atoms with Crippen molar-refractivity contribution in [1.82, 2.24) is 9.55 Å². The van der Waals surface area contributed by atoms with E-state index in [0.717, 1.165) is 52.7 Å². The van der Waals surface area contributed by atoms with Crippen LogP contribution in [0.5, 0.6) is 0 Å². The van der Waals surface area contributed by atoms with Crippen LogP contribution in [0.2, 0.25) is 0 Å². The van der Waals surface area contributed by atoms with Crippen LogP contribution < -0.4 is 11.3 Å². The molecule has 0 saturated heterocycles. The van der Waals surface area contributed by atoms with E-state index in [0.29, 0.717) is 5.16 Å². The number of thioether (sulfide) groups is 1. The van der Waals surface area contributed by atoms with Crippen molar-refractivity contribution in [2.24, 2.45) is 5.73 Å². The number of primary amides is 1. The van der Waals surface area contributed by atoms with Crippen LogP contribution in [-0.4, -0.2) is 21.2 Å². The predicted molar refractivity (Wildman–Crippen MR) is 111 cm³/mol. The molecule has 0 aliphatic heterocycles. The van der Waals surface area contributed by atoms with Crippen LogP contribution in [0.15, 0.2) is 28.2 Å². The van der Waals surface area contributed by atoms with Crippen LogP contribution in [-0.2, 0) is 17.6 Å². The SMILES string of the molecule is Cc1ccc(-n2c(SCC(N)=O)nc3sc4c(c3c2=O)CCCC4)c(C)c1. The van der Waals surface area contributed by atoms with Gasteiger partial charge in [0.2, 0.25) is 5.91 Å². The first-order valence-electron chi connectivity index (χ1n) is 9.01. The molecule has 1 amide bonds. The highest BCUT2D eigenvalue weighted by Crippen LogP contribution is 2.35. The van der Waals surface area contributed by atoms with E-state index < -0.39 is 5.91 Å². The molecule has 0 bridgehead atoms. The molecule has 140 valence electrons. The number of hydrogen-bond donors (Lipinski definition) is 1. The fourth-order valence-corrected chi connectivity index (χ4v) is 5.73. The van der Waals surface area contributed by atoms with Crippen LogP contribution >= 0.6 is 23.1 Å². The number of nitrogens with zero attached hydrogens (tertiary/aromatic N) is 2. The first-order chi connectivity index (χ1) is 13.0. The summed E-state index contributed by atoms with van der Waals surface area (Å²) in [7, 11) is 0. The Morgan fingerprint density at radius 3 is 2.81 bits per heavy atom. The molecule has 0 radical (unpaired) electrons. The Balaban J connectivity index is 2.01. The maximum Gasteiger partial charge on any atom is 0.267 e. The third-order valence-corrected chi connectivity index (χ3v) is 7.04. The molecule has 0 saturated carbocycles. The molecule has 0 fully saturated rings. The summed E-state index contributed by atoms with van der Waals surface area (Å²) in [6, 6.07) is 5.99. The molecule has 2 N–H and O–H groups in total. The van der Waals surface area contributed by atoms with Gasteiger partial charge in [-0.05, 0) is 56.7 Å². The normalized spacial score (nSPS) is 13.7. The highest BCUT2D eigenvalue weighted by molar-refractivity contribution is 7.99. The Morgan fingerprint density at radius 2 is 2.07 bits per heavy atom. The zero-order valence-corrected chi connectivity index (χ0v) is 17.0. The molecule has 0 unspecified atom stereocenters. The highest BCUT2D eigenvalue weighted by atomic mass is 32.2. The number of nitrogens with two attached hydrogens (primary N) is 1. The number of hydrogen-bond acceptors (Lipinski definition) is 5. The molecule has 1 aliphatic carbocycles. The van der Waals surface area contributed by atoms with Crippen LogP contribution in [0, 0.1) is 13.8 Å². The molecular formula is C20H21N3O2S2. The minimum absolute atomic E-state index is 0.0432. The molecule has 4 rings (SSSR count). The maximum absolute atomic E-state index is 13.6. The Kier molecular flexibility index (Phi) is 4.82. The van der Waals surface area contributed by atoms with Gasteiger partial charge >= 0.3 is 0 Å². The van der Waals surface area contributed by atoms with Crippen molar-refractivity contribution in [2.45, 2.75) is 44.7 Å². The second-order valence-corrected chi connectivity index (χ2v) is 9.00. The van der Waals surface area contributed by atoms with E-state index in [4.69, 9.17) is 10.7 Å². The third kappa shape index (κ3) is 3.30. The van der Waals surface area contributed by atoms with Gasteiger partial charge in [0.05, 0.1) is 16.8 Å². The zero-order valence-electron chi connectivity index (χ0n) is 15.4.